The average molecular weight is 385 g/mol. The molecule has 0 aliphatic carbocycles. The third-order valence-corrected chi connectivity index (χ3v) is 5.51. The fourth-order valence-corrected chi connectivity index (χ4v) is 3.61. The summed E-state index contributed by atoms with van der Waals surface area (Å²) in [5.74, 6) is 0.0612. The number of halogens is 1. The Balaban J connectivity index is 1.53. The Kier molecular flexibility index (Phi) is 6.17. The lowest BCUT2D eigenvalue weighted by Crippen LogP contribution is -2.42. The molecule has 0 spiro atoms. The largest absolute Gasteiger partial charge is 0.342 e. The summed E-state index contributed by atoms with van der Waals surface area (Å²) in [6, 6.07) is 13.4. The summed E-state index contributed by atoms with van der Waals surface area (Å²) in [6.45, 7) is 5.21. The minimum Gasteiger partial charge on any atom is -0.342 e. The monoisotopic (exact) mass is 384 g/mol. The molecule has 1 aliphatic heterocycles. The van der Waals surface area contributed by atoms with Crippen LogP contribution in [-0.4, -0.2) is 29.8 Å². The first kappa shape index (κ1) is 19.4. The average Bonchev–Trinajstić information content (AvgIpc) is 2.66. The van der Waals surface area contributed by atoms with Crippen molar-refractivity contribution in [1.29, 1.82) is 0 Å². The number of carbonyl (C=O) groups is 2. The molecule has 1 saturated heterocycles. The molecule has 1 fully saturated rings. The van der Waals surface area contributed by atoms with Gasteiger partial charge < -0.3 is 10.2 Å². The van der Waals surface area contributed by atoms with Gasteiger partial charge in [0.05, 0.1) is 6.42 Å². The smallest absolute Gasteiger partial charge is 0.227 e. The van der Waals surface area contributed by atoms with Crippen molar-refractivity contribution in [1.82, 2.24) is 4.90 Å². The van der Waals surface area contributed by atoms with Gasteiger partial charge >= 0.3 is 0 Å². The molecule has 0 aromatic heterocycles. The molecule has 0 atom stereocenters. The van der Waals surface area contributed by atoms with Crippen LogP contribution >= 0.6 is 11.6 Å². The second-order valence-electron chi connectivity index (χ2n) is 7.21. The van der Waals surface area contributed by atoms with Crippen LogP contribution in [0.15, 0.2) is 42.5 Å². The van der Waals surface area contributed by atoms with Crippen LogP contribution in [0.5, 0.6) is 0 Å². The molecule has 0 bridgehead atoms. The SMILES string of the molecule is Cc1ccccc1CC(=O)N1CCC(C(=O)Nc2cc(Cl)ccc2C)CC1. The van der Waals surface area contributed by atoms with Gasteiger partial charge in [0.25, 0.3) is 0 Å². The maximum Gasteiger partial charge on any atom is 0.227 e. The molecular formula is C22H25ClN2O2. The van der Waals surface area contributed by atoms with Crippen LogP contribution in [0.25, 0.3) is 0 Å². The predicted molar refractivity (Wildman–Crippen MR) is 109 cm³/mol. The Morgan fingerprint density at radius 1 is 1.07 bits per heavy atom. The fraction of sp³-hybridized carbons (Fsp3) is 0.364. The molecule has 2 amide bonds. The molecule has 1 aliphatic rings. The summed E-state index contributed by atoms with van der Waals surface area (Å²) in [5, 5.41) is 3.59. The topological polar surface area (TPSA) is 49.4 Å². The first-order valence-corrected chi connectivity index (χ1v) is 9.71. The molecule has 1 heterocycles. The van der Waals surface area contributed by atoms with Gasteiger partial charge in [-0.05, 0) is 55.5 Å². The fourth-order valence-electron chi connectivity index (χ4n) is 3.44. The molecule has 0 saturated carbocycles. The summed E-state index contributed by atoms with van der Waals surface area (Å²) in [6.07, 6.45) is 1.79. The molecule has 5 heteroatoms. The number of piperidine rings is 1. The highest BCUT2D eigenvalue weighted by Gasteiger charge is 2.27. The van der Waals surface area contributed by atoms with Gasteiger partial charge in [-0.1, -0.05) is 41.9 Å². The molecule has 142 valence electrons. The van der Waals surface area contributed by atoms with Gasteiger partial charge in [0.2, 0.25) is 11.8 Å². The van der Waals surface area contributed by atoms with E-state index in [0.717, 1.165) is 22.4 Å². The number of hydrogen-bond acceptors (Lipinski definition) is 2. The van der Waals surface area contributed by atoms with Gasteiger partial charge in [-0.25, -0.2) is 0 Å². The van der Waals surface area contributed by atoms with Crippen LogP contribution in [0.1, 0.15) is 29.5 Å². The maximum absolute atomic E-state index is 12.6. The Morgan fingerprint density at radius 3 is 2.48 bits per heavy atom. The number of amides is 2. The van der Waals surface area contributed by atoms with Crippen molar-refractivity contribution >= 4 is 29.1 Å². The van der Waals surface area contributed by atoms with Gasteiger partial charge in [0.15, 0.2) is 0 Å². The first-order chi connectivity index (χ1) is 12.9. The number of anilines is 1. The van der Waals surface area contributed by atoms with Gasteiger partial charge in [-0.3, -0.25) is 9.59 Å². The number of likely N-dealkylation sites (tertiary alicyclic amines) is 1. The highest BCUT2D eigenvalue weighted by atomic mass is 35.5. The molecule has 2 aromatic carbocycles. The number of nitrogens with zero attached hydrogens (tertiary/aromatic N) is 1. The van der Waals surface area contributed by atoms with Crippen LogP contribution < -0.4 is 5.32 Å². The van der Waals surface area contributed by atoms with E-state index in [0.29, 0.717) is 37.4 Å². The summed E-state index contributed by atoms with van der Waals surface area (Å²) in [4.78, 5) is 27.0. The van der Waals surface area contributed by atoms with E-state index in [1.807, 2.05) is 55.1 Å². The van der Waals surface area contributed by atoms with Gasteiger partial charge in [0, 0.05) is 29.7 Å². The van der Waals surface area contributed by atoms with Crippen LogP contribution in [0.2, 0.25) is 5.02 Å². The number of aryl methyl sites for hydroxylation is 2. The zero-order chi connectivity index (χ0) is 19.4. The lowest BCUT2D eigenvalue weighted by atomic mass is 9.95. The first-order valence-electron chi connectivity index (χ1n) is 9.33. The zero-order valence-corrected chi connectivity index (χ0v) is 16.6. The van der Waals surface area contributed by atoms with Crippen molar-refractivity contribution in [2.24, 2.45) is 5.92 Å². The van der Waals surface area contributed by atoms with Gasteiger partial charge in [0.1, 0.15) is 0 Å². The number of hydrogen-bond donors (Lipinski definition) is 1. The molecule has 1 N–H and O–H groups in total. The standard InChI is InChI=1S/C22H25ClN2O2/c1-15-5-3-4-6-18(15)13-21(26)25-11-9-17(10-12-25)22(27)24-20-14-19(23)8-7-16(20)2/h3-8,14,17H,9-13H2,1-2H3,(H,24,27). The predicted octanol–water partition coefficient (Wildman–Crippen LogP) is 4.38. The van der Waals surface area contributed by atoms with E-state index < -0.39 is 0 Å². The Labute approximate surface area is 165 Å². The summed E-state index contributed by atoms with van der Waals surface area (Å²) < 4.78 is 0. The lowest BCUT2D eigenvalue weighted by Gasteiger charge is -2.31. The number of nitrogens with one attached hydrogen (secondary N) is 1. The van der Waals surface area contributed by atoms with Crippen molar-refractivity contribution in [2.45, 2.75) is 33.1 Å². The minimum absolute atomic E-state index is 0.00590. The quantitative estimate of drug-likeness (QED) is 0.850. The Morgan fingerprint density at radius 2 is 1.78 bits per heavy atom. The molecule has 0 unspecified atom stereocenters. The van der Waals surface area contributed by atoms with E-state index in [1.165, 1.54) is 0 Å². The van der Waals surface area contributed by atoms with E-state index in [9.17, 15) is 9.59 Å². The minimum atomic E-state index is -0.0779. The second-order valence-corrected chi connectivity index (χ2v) is 7.64. The van der Waals surface area contributed by atoms with Crippen LogP contribution in [-0.2, 0) is 16.0 Å². The second kappa shape index (κ2) is 8.57. The van der Waals surface area contributed by atoms with Crippen molar-refractivity contribution in [3.05, 3.63) is 64.2 Å². The van der Waals surface area contributed by atoms with E-state index >= 15 is 0 Å². The third-order valence-electron chi connectivity index (χ3n) is 5.28. The lowest BCUT2D eigenvalue weighted by molar-refractivity contribution is -0.133. The molecule has 0 radical (unpaired) electrons. The molecule has 2 aromatic rings. The molecule has 27 heavy (non-hydrogen) atoms. The third kappa shape index (κ3) is 4.89. The molecule has 4 nitrogen and oxygen atoms in total. The highest BCUT2D eigenvalue weighted by Crippen LogP contribution is 2.24. The van der Waals surface area contributed by atoms with Crippen molar-refractivity contribution < 1.29 is 9.59 Å². The number of carbonyl (C=O) groups excluding carboxylic acids is 2. The van der Waals surface area contributed by atoms with E-state index in [2.05, 4.69) is 5.32 Å². The van der Waals surface area contributed by atoms with Crippen LogP contribution in [0.3, 0.4) is 0 Å². The molecular weight excluding hydrogens is 360 g/mol. The Hall–Kier alpha value is -2.33. The number of rotatable bonds is 4. The van der Waals surface area contributed by atoms with E-state index in [-0.39, 0.29) is 17.7 Å². The van der Waals surface area contributed by atoms with Crippen molar-refractivity contribution in [3.8, 4) is 0 Å². The molecule has 3 rings (SSSR count). The normalized spacial score (nSPS) is 14.9. The maximum atomic E-state index is 12.6. The zero-order valence-electron chi connectivity index (χ0n) is 15.8. The van der Waals surface area contributed by atoms with Crippen molar-refractivity contribution in [2.75, 3.05) is 18.4 Å². The Bertz CT molecular complexity index is 842. The summed E-state index contributed by atoms with van der Waals surface area (Å²) >= 11 is 6.02. The summed E-state index contributed by atoms with van der Waals surface area (Å²) in [5.41, 5.74) is 3.94. The van der Waals surface area contributed by atoms with E-state index in [1.54, 1.807) is 6.07 Å². The van der Waals surface area contributed by atoms with Crippen LogP contribution in [0, 0.1) is 19.8 Å². The highest BCUT2D eigenvalue weighted by molar-refractivity contribution is 6.31. The van der Waals surface area contributed by atoms with Gasteiger partial charge in [-0.2, -0.15) is 0 Å². The number of benzene rings is 2. The van der Waals surface area contributed by atoms with Crippen LogP contribution in [0.4, 0.5) is 5.69 Å². The van der Waals surface area contributed by atoms with Gasteiger partial charge in [-0.15, -0.1) is 0 Å². The van der Waals surface area contributed by atoms with E-state index in [4.69, 9.17) is 11.6 Å². The summed E-state index contributed by atoms with van der Waals surface area (Å²) in [7, 11) is 0. The van der Waals surface area contributed by atoms with Crippen molar-refractivity contribution in [3.63, 3.8) is 0 Å².